The Balaban J connectivity index is 1.88. The zero-order chi connectivity index (χ0) is 11.8. The van der Waals surface area contributed by atoms with Gasteiger partial charge in [0.05, 0.1) is 6.54 Å². The molecule has 1 N–H and O–H groups in total. The first-order chi connectivity index (χ1) is 8.22. The van der Waals surface area contributed by atoms with Crippen LogP contribution in [0.15, 0.2) is 6.07 Å². The number of rotatable bonds is 2. The van der Waals surface area contributed by atoms with Gasteiger partial charge in [0.1, 0.15) is 16.8 Å². The summed E-state index contributed by atoms with van der Waals surface area (Å²) in [5.74, 6) is 2.07. The molecule has 0 unspecified atom stereocenters. The van der Waals surface area contributed by atoms with Gasteiger partial charge in [-0.1, -0.05) is 11.6 Å². The summed E-state index contributed by atoms with van der Waals surface area (Å²) in [6.45, 7) is 1.76. The number of carbonyl (C=O) groups excluding carboxylic acids is 1. The number of nitrogens with zero attached hydrogens (tertiary/aromatic N) is 3. The Labute approximate surface area is 104 Å². The lowest BCUT2D eigenvalue weighted by Gasteiger charge is -2.27. The van der Waals surface area contributed by atoms with Gasteiger partial charge in [0.2, 0.25) is 5.91 Å². The lowest BCUT2D eigenvalue weighted by molar-refractivity contribution is -0.120. The number of anilines is 1. The third-order valence-electron chi connectivity index (χ3n) is 3.00. The summed E-state index contributed by atoms with van der Waals surface area (Å²) in [6.07, 6.45) is 2.28. The highest BCUT2D eigenvalue weighted by molar-refractivity contribution is 6.29. The maximum Gasteiger partial charge on any atom is 0.239 e. The standard InChI is InChI=1S/C11H13ClN4O/c12-8-5-9(15-11(14-8)7-1-2-7)16-4-3-13-10(17)6-16/h5,7H,1-4,6H2,(H,13,17). The van der Waals surface area contributed by atoms with Crippen molar-refractivity contribution in [2.75, 3.05) is 24.5 Å². The molecule has 1 aliphatic heterocycles. The Morgan fingerprint density at radius 2 is 2.24 bits per heavy atom. The van der Waals surface area contributed by atoms with Crippen LogP contribution < -0.4 is 10.2 Å². The van der Waals surface area contributed by atoms with Gasteiger partial charge in [0, 0.05) is 25.1 Å². The van der Waals surface area contributed by atoms with Gasteiger partial charge < -0.3 is 10.2 Å². The second-order valence-corrected chi connectivity index (χ2v) is 4.84. The third-order valence-corrected chi connectivity index (χ3v) is 3.20. The van der Waals surface area contributed by atoms with E-state index in [0.29, 0.717) is 24.2 Å². The molecule has 0 spiro atoms. The zero-order valence-corrected chi connectivity index (χ0v) is 10.1. The predicted octanol–water partition coefficient (Wildman–Crippen LogP) is 0.944. The summed E-state index contributed by atoms with van der Waals surface area (Å²) >= 11 is 6.00. The molecule has 1 aliphatic carbocycles. The smallest absolute Gasteiger partial charge is 0.239 e. The molecule has 17 heavy (non-hydrogen) atoms. The predicted molar refractivity (Wildman–Crippen MR) is 64.2 cm³/mol. The Morgan fingerprint density at radius 3 is 2.94 bits per heavy atom. The van der Waals surface area contributed by atoms with Crippen LogP contribution in [0.3, 0.4) is 0 Å². The number of piperazine rings is 1. The maximum absolute atomic E-state index is 11.3. The number of hydrogen-bond acceptors (Lipinski definition) is 4. The average Bonchev–Trinajstić information content (AvgIpc) is 3.12. The van der Waals surface area contributed by atoms with Crippen LogP contribution in [0.4, 0.5) is 5.82 Å². The van der Waals surface area contributed by atoms with Crippen molar-refractivity contribution in [2.24, 2.45) is 0 Å². The van der Waals surface area contributed by atoms with Crippen molar-refractivity contribution < 1.29 is 4.79 Å². The van der Waals surface area contributed by atoms with Gasteiger partial charge >= 0.3 is 0 Å². The largest absolute Gasteiger partial charge is 0.353 e. The summed E-state index contributed by atoms with van der Waals surface area (Å²) in [5, 5.41) is 3.25. The molecule has 90 valence electrons. The molecule has 2 heterocycles. The molecule has 0 aromatic carbocycles. The van der Waals surface area contributed by atoms with Gasteiger partial charge in [-0.05, 0) is 12.8 Å². The molecule has 1 saturated carbocycles. The van der Waals surface area contributed by atoms with Crippen LogP contribution in [0.5, 0.6) is 0 Å². The molecular weight excluding hydrogens is 240 g/mol. The monoisotopic (exact) mass is 252 g/mol. The van der Waals surface area contributed by atoms with E-state index in [1.807, 2.05) is 4.90 Å². The van der Waals surface area contributed by atoms with Crippen molar-refractivity contribution in [1.82, 2.24) is 15.3 Å². The Kier molecular flexibility index (Phi) is 2.63. The normalized spacial score (nSPS) is 20.3. The van der Waals surface area contributed by atoms with E-state index >= 15 is 0 Å². The van der Waals surface area contributed by atoms with Gasteiger partial charge in [-0.3, -0.25) is 4.79 Å². The van der Waals surface area contributed by atoms with Gasteiger partial charge in [-0.2, -0.15) is 0 Å². The molecule has 1 aromatic rings. The highest BCUT2D eigenvalue weighted by atomic mass is 35.5. The molecule has 5 nitrogen and oxygen atoms in total. The number of amides is 1. The molecule has 1 aromatic heterocycles. The van der Waals surface area contributed by atoms with E-state index in [1.165, 1.54) is 0 Å². The highest BCUT2D eigenvalue weighted by Crippen LogP contribution is 2.39. The fraction of sp³-hybridized carbons (Fsp3) is 0.545. The van der Waals surface area contributed by atoms with E-state index < -0.39 is 0 Å². The van der Waals surface area contributed by atoms with Gasteiger partial charge in [-0.15, -0.1) is 0 Å². The van der Waals surface area contributed by atoms with Gasteiger partial charge in [0.15, 0.2) is 0 Å². The van der Waals surface area contributed by atoms with Gasteiger partial charge in [0.25, 0.3) is 0 Å². The molecular formula is C11H13ClN4O. The lowest BCUT2D eigenvalue weighted by atomic mass is 10.3. The molecule has 0 atom stereocenters. The van der Waals surface area contributed by atoms with Gasteiger partial charge in [-0.25, -0.2) is 9.97 Å². The van der Waals surface area contributed by atoms with Crippen LogP contribution in [0.2, 0.25) is 5.15 Å². The molecule has 6 heteroatoms. The first-order valence-corrected chi connectivity index (χ1v) is 6.16. The minimum Gasteiger partial charge on any atom is -0.353 e. The summed E-state index contributed by atoms with van der Waals surface area (Å²) in [6, 6.07) is 1.73. The fourth-order valence-electron chi connectivity index (χ4n) is 1.94. The topological polar surface area (TPSA) is 58.1 Å². The van der Waals surface area contributed by atoms with Crippen molar-refractivity contribution in [1.29, 1.82) is 0 Å². The summed E-state index contributed by atoms with van der Waals surface area (Å²) in [5.41, 5.74) is 0. The summed E-state index contributed by atoms with van der Waals surface area (Å²) in [4.78, 5) is 22.0. The van der Waals surface area contributed by atoms with E-state index in [2.05, 4.69) is 15.3 Å². The second-order valence-electron chi connectivity index (χ2n) is 4.45. The molecule has 3 rings (SSSR count). The lowest BCUT2D eigenvalue weighted by Crippen LogP contribution is -2.48. The second kappa shape index (κ2) is 4.14. The van der Waals surface area contributed by atoms with E-state index in [1.54, 1.807) is 6.07 Å². The number of carbonyl (C=O) groups is 1. The van der Waals surface area contributed by atoms with E-state index in [0.717, 1.165) is 31.0 Å². The number of aromatic nitrogens is 2. The first kappa shape index (κ1) is 10.8. The average molecular weight is 253 g/mol. The third kappa shape index (κ3) is 2.34. The fourth-order valence-corrected chi connectivity index (χ4v) is 2.13. The molecule has 2 fully saturated rings. The van der Waals surface area contributed by atoms with Crippen molar-refractivity contribution in [3.05, 3.63) is 17.0 Å². The zero-order valence-electron chi connectivity index (χ0n) is 9.32. The molecule has 1 saturated heterocycles. The van der Waals surface area contributed by atoms with Crippen molar-refractivity contribution >= 4 is 23.3 Å². The molecule has 0 bridgehead atoms. The summed E-state index contributed by atoms with van der Waals surface area (Å²) in [7, 11) is 0. The first-order valence-electron chi connectivity index (χ1n) is 5.78. The van der Waals surface area contributed by atoms with Crippen molar-refractivity contribution in [2.45, 2.75) is 18.8 Å². The molecule has 2 aliphatic rings. The van der Waals surface area contributed by atoms with E-state index in [4.69, 9.17) is 11.6 Å². The van der Waals surface area contributed by atoms with Crippen LogP contribution in [-0.4, -0.2) is 35.5 Å². The van der Waals surface area contributed by atoms with E-state index in [9.17, 15) is 4.79 Å². The highest BCUT2D eigenvalue weighted by Gasteiger charge is 2.28. The quantitative estimate of drug-likeness (QED) is 0.796. The van der Waals surface area contributed by atoms with Crippen LogP contribution in [0.25, 0.3) is 0 Å². The van der Waals surface area contributed by atoms with Crippen LogP contribution in [-0.2, 0) is 4.79 Å². The molecule has 1 amide bonds. The maximum atomic E-state index is 11.3. The minimum absolute atomic E-state index is 0.0268. The summed E-state index contributed by atoms with van der Waals surface area (Å²) < 4.78 is 0. The van der Waals surface area contributed by atoms with Crippen molar-refractivity contribution in [3.63, 3.8) is 0 Å². The Bertz CT molecular complexity index is 461. The number of nitrogens with one attached hydrogen (secondary N) is 1. The van der Waals surface area contributed by atoms with Crippen molar-refractivity contribution in [3.8, 4) is 0 Å². The molecule has 0 radical (unpaired) electrons. The Morgan fingerprint density at radius 1 is 1.41 bits per heavy atom. The SMILES string of the molecule is O=C1CN(c2cc(Cl)nc(C3CC3)n2)CCN1. The van der Waals surface area contributed by atoms with E-state index in [-0.39, 0.29) is 5.91 Å². The van der Waals surface area contributed by atoms with Crippen LogP contribution >= 0.6 is 11.6 Å². The van der Waals surface area contributed by atoms with Crippen LogP contribution in [0, 0.1) is 0 Å². The Hall–Kier alpha value is -1.36. The number of hydrogen-bond donors (Lipinski definition) is 1. The van der Waals surface area contributed by atoms with Crippen LogP contribution in [0.1, 0.15) is 24.6 Å². The minimum atomic E-state index is 0.0268. The number of halogens is 1.